The summed E-state index contributed by atoms with van der Waals surface area (Å²) in [5.41, 5.74) is 3.98. The number of hydrogen-bond acceptors (Lipinski definition) is 6. The number of aromatic hydroxyl groups is 1. The highest BCUT2D eigenvalue weighted by atomic mass is 35.5. The normalized spacial score (nSPS) is 20.3. The van der Waals surface area contributed by atoms with Crippen molar-refractivity contribution < 1.29 is 24.2 Å². The highest BCUT2D eigenvalue weighted by Crippen LogP contribution is 2.48. The SMILES string of the molecule is CCOC(=O)C1=C(C)NC2=C(C(=O)C[C@H](c3ccccc3)C2)[C@H]1c1cc(Cl)c(O)c(OC)c1. The predicted molar refractivity (Wildman–Crippen MR) is 125 cm³/mol. The quantitative estimate of drug-likeness (QED) is 0.603. The molecule has 1 aliphatic heterocycles. The molecule has 2 aliphatic rings. The largest absolute Gasteiger partial charge is 0.503 e. The summed E-state index contributed by atoms with van der Waals surface area (Å²) >= 11 is 6.28. The number of hydrogen-bond donors (Lipinski definition) is 2. The fraction of sp³-hybridized carbons (Fsp3) is 0.308. The number of benzene rings is 2. The van der Waals surface area contributed by atoms with Gasteiger partial charge in [-0.3, -0.25) is 4.79 Å². The molecule has 33 heavy (non-hydrogen) atoms. The Hall–Kier alpha value is -3.25. The zero-order chi connectivity index (χ0) is 23.7. The molecule has 6 nitrogen and oxygen atoms in total. The van der Waals surface area contributed by atoms with Crippen LogP contribution in [-0.2, 0) is 14.3 Å². The Kier molecular flexibility index (Phi) is 6.47. The molecule has 1 heterocycles. The van der Waals surface area contributed by atoms with Crippen LogP contribution in [0.25, 0.3) is 0 Å². The molecule has 2 aromatic rings. The first kappa shape index (κ1) is 22.9. The van der Waals surface area contributed by atoms with Crippen molar-refractivity contribution in [2.24, 2.45) is 0 Å². The Labute approximate surface area is 197 Å². The number of halogens is 1. The number of nitrogens with one attached hydrogen (secondary N) is 1. The van der Waals surface area contributed by atoms with Gasteiger partial charge in [-0.15, -0.1) is 0 Å². The molecule has 0 radical (unpaired) electrons. The number of methoxy groups -OCH3 is 1. The fourth-order valence-corrected chi connectivity index (χ4v) is 4.95. The van der Waals surface area contributed by atoms with E-state index in [0.29, 0.717) is 35.2 Å². The van der Waals surface area contributed by atoms with E-state index >= 15 is 0 Å². The summed E-state index contributed by atoms with van der Waals surface area (Å²) in [6, 6.07) is 13.1. The van der Waals surface area contributed by atoms with Gasteiger partial charge in [0.25, 0.3) is 0 Å². The van der Waals surface area contributed by atoms with Gasteiger partial charge in [0.05, 0.1) is 24.3 Å². The van der Waals surface area contributed by atoms with E-state index in [1.165, 1.54) is 7.11 Å². The van der Waals surface area contributed by atoms with Crippen LogP contribution in [-0.4, -0.2) is 30.6 Å². The Morgan fingerprint density at radius 3 is 2.58 bits per heavy atom. The molecule has 0 saturated heterocycles. The molecule has 0 amide bonds. The second kappa shape index (κ2) is 9.32. The number of dihydropyridines is 1. The van der Waals surface area contributed by atoms with Gasteiger partial charge in [-0.2, -0.15) is 0 Å². The minimum Gasteiger partial charge on any atom is -0.503 e. The molecule has 2 aromatic carbocycles. The summed E-state index contributed by atoms with van der Waals surface area (Å²) in [6.45, 7) is 3.75. The number of phenols is 1. The van der Waals surface area contributed by atoms with Gasteiger partial charge in [-0.25, -0.2) is 4.79 Å². The van der Waals surface area contributed by atoms with Crippen LogP contribution in [0.1, 0.15) is 49.7 Å². The minimum atomic E-state index is -0.684. The summed E-state index contributed by atoms with van der Waals surface area (Å²) in [5.74, 6) is -1.20. The van der Waals surface area contributed by atoms with Crippen molar-refractivity contribution in [1.82, 2.24) is 5.32 Å². The van der Waals surface area contributed by atoms with Gasteiger partial charge in [0.1, 0.15) is 0 Å². The van der Waals surface area contributed by atoms with Gasteiger partial charge in [0.2, 0.25) is 0 Å². The van der Waals surface area contributed by atoms with E-state index in [9.17, 15) is 14.7 Å². The molecular weight excluding hydrogens is 442 g/mol. The first-order chi connectivity index (χ1) is 15.8. The van der Waals surface area contributed by atoms with Crippen LogP contribution in [0.15, 0.2) is 65.0 Å². The lowest BCUT2D eigenvalue weighted by molar-refractivity contribution is -0.138. The van der Waals surface area contributed by atoms with Crippen LogP contribution in [0.3, 0.4) is 0 Å². The van der Waals surface area contributed by atoms with Gasteiger partial charge in [0.15, 0.2) is 17.3 Å². The number of esters is 1. The summed E-state index contributed by atoms with van der Waals surface area (Å²) in [5, 5.41) is 13.6. The van der Waals surface area contributed by atoms with Crippen LogP contribution in [0.5, 0.6) is 11.5 Å². The lowest BCUT2D eigenvalue weighted by atomic mass is 9.71. The van der Waals surface area contributed by atoms with Crippen molar-refractivity contribution in [3.63, 3.8) is 0 Å². The van der Waals surface area contributed by atoms with Gasteiger partial charge in [0, 0.05) is 29.3 Å². The van der Waals surface area contributed by atoms with Crippen LogP contribution < -0.4 is 10.1 Å². The first-order valence-electron chi connectivity index (χ1n) is 10.9. The maximum absolute atomic E-state index is 13.5. The number of ketones is 1. The van der Waals surface area contributed by atoms with E-state index in [-0.39, 0.29) is 34.8 Å². The molecule has 0 aromatic heterocycles. The van der Waals surface area contributed by atoms with E-state index in [1.807, 2.05) is 30.3 Å². The average Bonchev–Trinajstić information content (AvgIpc) is 2.80. The highest BCUT2D eigenvalue weighted by molar-refractivity contribution is 6.32. The molecular formula is C26H26ClNO5. The van der Waals surface area contributed by atoms with Crippen LogP contribution >= 0.6 is 11.6 Å². The Bertz CT molecular complexity index is 1170. The lowest BCUT2D eigenvalue weighted by Crippen LogP contribution is -2.36. The summed E-state index contributed by atoms with van der Waals surface area (Å²) in [7, 11) is 1.42. The zero-order valence-corrected chi connectivity index (χ0v) is 19.5. The van der Waals surface area contributed by atoms with Crippen LogP contribution in [0.2, 0.25) is 5.02 Å². The molecule has 0 saturated carbocycles. The smallest absolute Gasteiger partial charge is 0.336 e. The summed E-state index contributed by atoms with van der Waals surface area (Å²) in [6.07, 6.45) is 0.969. The van der Waals surface area contributed by atoms with E-state index in [2.05, 4.69) is 5.32 Å². The Balaban J connectivity index is 1.86. The monoisotopic (exact) mass is 467 g/mol. The molecule has 7 heteroatoms. The van der Waals surface area contributed by atoms with Crippen molar-refractivity contribution >= 4 is 23.4 Å². The van der Waals surface area contributed by atoms with Gasteiger partial charge < -0.3 is 19.9 Å². The van der Waals surface area contributed by atoms with Crippen molar-refractivity contribution in [3.05, 3.63) is 81.2 Å². The third-order valence-corrected chi connectivity index (χ3v) is 6.49. The Morgan fingerprint density at radius 2 is 1.91 bits per heavy atom. The number of carbonyl (C=O) groups is 2. The lowest BCUT2D eigenvalue weighted by Gasteiger charge is -2.36. The van der Waals surface area contributed by atoms with Crippen molar-refractivity contribution in [2.75, 3.05) is 13.7 Å². The van der Waals surface area contributed by atoms with Crippen LogP contribution in [0.4, 0.5) is 0 Å². The van der Waals surface area contributed by atoms with E-state index in [0.717, 1.165) is 11.3 Å². The molecule has 0 fully saturated rings. The number of carbonyl (C=O) groups excluding carboxylic acids is 2. The molecule has 2 atom stereocenters. The molecule has 0 bridgehead atoms. The van der Waals surface area contributed by atoms with E-state index in [4.69, 9.17) is 21.1 Å². The third-order valence-electron chi connectivity index (χ3n) is 6.20. The number of allylic oxidation sites excluding steroid dienone is 3. The fourth-order valence-electron chi connectivity index (χ4n) is 4.73. The maximum Gasteiger partial charge on any atom is 0.336 e. The Morgan fingerprint density at radius 1 is 1.18 bits per heavy atom. The second-order valence-electron chi connectivity index (χ2n) is 8.20. The number of Topliss-reactive ketones (excluding diaryl/α,β-unsaturated/α-hetero) is 1. The second-order valence-corrected chi connectivity index (χ2v) is 8.61. The standard InChI is InChI=1S/C26H26ClNO5/c1-4-33-26(31)22-14(2)28-19-11-16(15-8-6-5-7-9-15)12-20(29)24(19)23(22)17-10-18(27)25(30)21(13-17)32-3/h5-10,13,16,23,28,30H,4,11-12H2,1-3H3/t16-,23+/m1/s1. The number of rotatable bonds is 5. The highest BCUT2D eigenvalue weighted by Gasteiger charge is 2.41. The van der Waals surface area contributed by atoms with Crippen molar-refractivity contribution in [1.29, 1.82) is 0 Å². The van der Waals surface area contributed by atoms with Crippen LogP contribution in [0, 0.1) is 0 Å². The van der Waals surface area contributed by atoms with Crippen molar-refractivity contribution in [3.8, 4) is 11.5 Å². The molecule has 0 unspecified atom stereocenters. The average molecular weight is 468 g/mol. The zero-order valence-electron chi connectivity index (χ0n) is 18.8. The topological polar surface area (TPSA) is 84.9 Å². The third kappa shape index (κ3) is 4.23. The molecule has 1 aliphatic carbocycles. The van der Waals surface area contributed by atoms with Gasteiger partial charge in [-0.1, -0.05) is 41.9 Å². The maximum atomic E-state index is 13.5. The van der Waals surface area contributed by atoms with E-state index < -0.39 is 11.9 Å². The number of phenolic OH excluding ortho intramolecular Hbond substituents is 1. The van der Waals surface area contributed by atoms with Crippen molar-refractivity contribution in [2.45, 2.75) is 38.5 Å². The number of ether oxygens (including phenoxy) is 2. The summed E-state index contributed by atoms with van der Waals surface area (Å²) in [4.78, 5) is 26.5. The predicted octanol–water partition coefficient (Wildman–Crippen LogP) is 4.98. The minimum absolute atomic E-state index is 0.0416. The van der Waals surface area contributed by atoms with Gasteiger partial charge >= 0.3 is 5.97 Å². The molecule has 172 valence electrons. The van der Waals surface area contributed by atoms with Gasteiger partial charge in [-0.05, 0) is 49.4 Å². The molecule has 0 spiro atoms. The first-order valence-corrected chi connectivity index (χ1v) is 11.3. The van der Waals surface area contributed by atoms with E-state index in [1.54, 1.807) is 26.0 Å². The summed E-state index contributed by atoms with van der Waals surface area (Å²) < 4.78 is 10.6. The molecule has 4 rings (SSSR count). The molecule has 2 N–H and O–H groups in total.